The summed E-state index contributed by atoms with van der Waals surface area (Å²) in [5.41, 5.74) is 7.39. The average molecular weight is 313 g/mol. The van der Waals surface area contributed by atoms with E-state index in [0.29, 0.717) is 11.4 Å². The average Bonchev–Trinajstić information content (AvgIpc) is 2.34. The summed E-state index contributed by atoms with van der Waals surface area (Å²) < 4.78 is 25.8. The molecule has 0 heterocycles. The van der Waals surface area contributed by atoms with Crippen LogP contribution in [-0.2, 0) is 0 Å². The Labute approximate surface area is 112 Å². The minimum atomic E-state index is -2.51. The van der Waals surface area contributed by atoms with Gasteiger partial charge in [0.05, 0.1) is 17.1 Å². The van der Waals surface area contributed by atoms with Crippen LogP contribution in [0.4, 0.5) is 25.8 Å². The third-order valence-corrected chi connectivity index (χ3v) is 3.16. The predicted molar refractivity (Wildman–Crippen MR) is 73.2 cm³/mol. The summed E-state index contributed by atoms with van der Waals surface area (Å²) in [6.45, 7) is 0. The Bertz CT molecular complexity index is 558. The standard InChI is InChI=1S/C13H11BrF2N2/c14-9-3-1-2-4-11(9)18-12-6-5-8(13(15)16)7-10(12)17/h1-7,13,18H,17H2. The van der Waals surface area contributed by atoms with E-state index in [1.807, 2.05) is 24.3 Å². The molecule has 5 heteroatoms. The molecule has 0 atom stereocenters. The van der Waals surface area contributed by atoms with Gasteiger partial charge in [0, 0.05) is 10.0 Å². The number of nitrogens with two attached hydrogens (primary N) is 1. The summed E-state index contributed by atoms with van der Waals surface area (Å²) in [5, 5.41) is 3.09. The van der Waals surface area contributed by atoms with Gasteiger partial charge in [-0.3, -0.25) is 0 Å². The third kappa shape index (κ3) is 2.79. The first-order chi connectivity index (χ1) is 8.58. The number of hydrogen-bond donors (Lipinski definition) is 2. The van der Waals surface area contributed by atoms with E-state index in [1.165, 1.54) is 12.1 Å². The summed E-state index contributed by atoms with van der Waals surface area (Å²) in [6.07, 6.45) is -2.51. The van der Waals surface area contributed by atoms with E-state index in [1.54, 1.807) is 6.07 Å². The van der Waals surface area contributed by atoms with Crippen molar-refractivity contribution in [1.82, 2.24) is 0 Å². The lowest BCUT2D eigenvalue weighted by molar-refractivity contribution is 0.151. The minimum Gasteiger partial charge on any atom is -0.397 e. The second kappa shape index (κ2) is 5.35. The molecule has 94 valence electrons. The van der Waals surface area contributed by atoms with Gasteiger partial charge in [0.15, 0.2) is 0 Å². The second-order valence-electron chi connectivity index (χ2n) is 3.75. The number of anilines is 3. The Morgan fingerprint density at radius 2 is 1.78 bits per heavy atom. The molecule has 2 aromatic rings. The van der Waals surface area contributed by atoms with E-state index in [-0.39, 0.29) is 5.56 Å². The fraction of sp³-hybridized carbons (Fsp3) is 0.0769. The van der Waals surface area contributed by atoms with Crippen LogP contribution in [-0.4, -0.2) is 0 Å². The Balaban J connectivity index is 2.28. The second-order valence-corrected chi connectivity index (χ2v) is 4.61. The molecule has 18 heavy (non-hydrogen) atoms. The maximum atomic E-state index is 12.5. The van der Waals surface area contributed by atoms with Crippen molar-refractivity contribution < 1.29 is 8.78 Å². The largest absolute Gasteiger partial charge is 0.397 e. The number of nitrogen functional groups attached to an aromatic ring is 1. The van der Waals surface area contributed by atoms with E-state index in [9.17, 15) is 8.78 Å². The number of nitrogens with one attached hydrogen (secondary N) is 1. The van der Waals surface area contributed by atoms with Crippen molar-refractivity contribution in [1.29, 1.82) is 0 Å². The number of benzene rings is 2. The smallest absolute Gasteiger partial charge is 0.263 e. The first-order valence-corrected chi connectivity index (χ1v) is 6.06. The molecule has 0 saturated carbocycles. The van der Waals surface area contributed by atoms with Gasteiger partial charge >= 0.3 is 0 Å². The fourth-order valence-corrected chi connectivity index (χ4v) is 1.92. The lowest BCUT2D eigenvalue weighted by atomic mass is 10.1. The third-order valence-electron chi connectivity index (χ3n) is 2.47. The molecule has 0 fully saturated rings. The molecular formula is C13H11BrF2N2. The van der Waals surface area contributed by atoms with Crippen LogP contribution in [0.1, 0.15) is 12.0 Å². The molecule has 0 aliphatic rings. The fourth-order valence-electron chi connectivity index (χ4n) is 1.54. The lowest BCUT2D eigenvalue weighted by Crippen LogP contribution is -1.98. The van der Waals surface area contributed by atoms with Gasteiger partial charge in [0.1, 0.15) is 0 Å². The zero-order valence-corrected chi connectivity index (χ0v) is 10.9. The molecule has 0 aliphatic heterocycles. The van der Waals surface area contributed by atoms with E-state index < -0.39 is 6.43 Å². The van der Waals surface area contributed by atoms with Gasteiger partial charge < -0.3 is 11.1 Å². The molecule has 0 saturated heterocycles. The van der Waals surface area contributed by atoms with Crippen LogP contribution in [0.3, 0.4) is 0 Å². The highest BCUT2D eigenvalue weighted by atomic mass is 79.9. The number of alkyl halides is 2. The maximum absolute atomic E-state index is 12.5. The minimum absolute atomic E-state index is 0.0785. The normalized spacial score (nSPS) is 10.7. The molecular weight excluding hydrogens is 302 g/mol. The number of hydrogen-bond acceptors (Lipinski definition) is 2. The highest BCUT2D eigenvalue weighted by molar-refractivity contribution is 9.10. The van der Waals surface area contributed by atoms with Crippen LogP contribution in [0.2, 0.25) is 0 Å². The molecule has 0 amide bonds. The van der Waals surface area contributed by atoms with Crippen molar-refractivity contribution in [3.63, 3.8) is 0 Å². The summed E-state index contributed by atoms with van der Waals surface area (Å²) in [7, 11) is 0. The van der Waals surface area contributed by atoms with Gasteiger partial charge in [-0.05, 0) is 40.2 Å². The van der Waals surface area contributed by atoms with Crippen molar-refractivity contribution in [2.24, 2.45) is 0 Å². The van der Waals surface area contributed by atoms with Gasteiger partial charge in [-0.15, -0.1) is 0 Å². The highest BCUT2D eigenvalue weighted by Gasteiger charge is 2.09. The molecule has 3 N–H and O–H groups in total. The van der Waals surface area contributed by atoms with Crippen LogP contribution in [0.25, 0.3) is 0 Å². The highest BCUT2D eigenvalue weighted by Crippen LogP contribution is 2.31. The van der Waals surface area contributed by atoms with Crippen molar-refractivity contribution >= 4 is 33.0 Å². The van der Waals surface area contributed by atoms with Gasteiger partial charge in [-0.25, -0.2) is 8.78 Å². The molecule has 2 aromatic carbocycles. The first-order valence-electron chi connectivity index (χ1n) is 5.27. The maximum Gasteiger partial charge on any atom is 0.263 e. The lowest BCUT2D eigenvalue weighted by Gasteiger charge is -2.12. The van der Waals surface area contributed by atoms with Crippen molar-refractivity contribution in [3.05, 3.63) is 52.5 Å². The topological polar surface area (TPSA) is 38.0 Å². The quantitative estimate of drug-likeness (QED) is 0.805. The van der Waals surface area contributed by atoms with Crippen LogP contribution >= 0.6 is 15.9 Å². The van der Waals surface area contributed by atoms with E-state index in [0.717, 1.165) is 10.2 Å². The summed E-state index contributed by atoms with van der Waals surface area (Å²) in [4.78, 5) is 0. The van der Waals surface area contributed by atoms with Crippen LogP contribution < -0.4 is 11.1 Å². The van der Waals surface area contributed by atoms with Crippen LogP contribution in [0.5, 0.6) is 0 Å². The molecule has 0 bridgehead atoms. The number of rotatable bonds is 3. The monoisotopic (exact) mass is 312 g/mol. The Kier molecular flexibility index (Phi) is 3.81. The molecule has 0 aromatic heterocycles. The van der Waals surface area contributed by atoms with E-state index >= 15 is 0 Å². The zero-order chi connectivity index (χ0) is 13.1. The molecule has 0 radical (unpaired) electrons. The molecule has 0 unspecified atom stereocenters. The summed E-state index contributed by atoms with van der Waals surface area (Å²) in [5.74, 6) is 0. The van der Waals surface area contributed by atoms with Gasteiger partial charge in [0.2, 0.25) is 0 Å². The van der Waals surface area contributed by atoms with E-state index in [2.05, 4.69) is 21.2 Å². The first kappa shape index (κ1) is 12.8. The predicted octanol–water partition coefficient (Wildman–Crippen LogP) is 4.71. The Hall–Kier alpha value is -1.62. The summed E-state index contributed by atoms with van der Waals surface area (Å²) >= 11 is 3.39. The van der Waals surface area contributed by atoms with Crippen molar-refractivity contribution in [2.45, 2.75) is 6.43 Å². The number of para-hydroxylation sites is 1. The summed E-state index contributed by atoms with van der Waals surface area (Å²) in [6, 6.07) is 11.7. The Morgan fingerprint density at radius 1 is 1.06 bits per heavy atom. The molecule has 0 spiro atoms. The van der Waals surface area contributed by atoms with Crippen LogP contribution in [0.15, 0.2) is 46.9 Å². The SMILES string of the molecule is Nc1cc(C(F)F)ccc1Nc1ccccc1Br. The molecule has 0 aliphatic carbocycles. The molecule has 2 nitrogen and oxygen atoms in total. The van der Waals surface area contributed by atoms with Crippen molar-refractivity contribution in [3.8, 4) is 0 Å². The van der Waals surface area contributed by atoms with E-state index in [4.69, 9.17) is 5.73 Å². The zero-order valence-electron chi connectivity index (χ0n) is 9.33. The number of halogens is 3. The molecule has 2 rings (SSSR count). The van der Waals surface area contributed by atoms with Crippen LogP contribution in [0, 0.1) is 0 Å². The van der Waals surface area contributed by atoms with Gasteiger partial charge in [0.25, 0.3) is 6.43 Å². The van der Waals surface area contributed by atoms with Crippen molar-refractivity contribution in [2.75, 3.05) is 11.1 Å². The Morgan fingerprint density at radius 3 is 2.39 bits per heavy atom. The van der Waals surface area contributed by atoms with Gasteiger partial charge in [-0.1, -0.05) is 18.2 Å². The van der Waals surface area contributed by atoms with Gasteiger partial charge in [-0.2, -0.15) is 0 Å².